The summed E-state index contributed by atoms with van der Waals surface area (Å²) in [6.07, 6.45) is 0. The molecule has 1 saturated heterocycles. The van der Waals surface area contributed by atoms with Gasteiger partial charge in [0.05, 0.1) is 10.7 Å². The van der Waals surface area contributed by atoms with Crippen LogP contribution in [-0.4, -0.2) is 17.5 Å². The van der Waals surface area contributed by atoms with E-state index in [1.54, 1.807) is 6.07 Å². The summed E-state index contributed by atoms with van der Waals surface area (Å²) in [5.41, 5.74) is 0.827. The van der Waals surface area contributed by atoms with Gasteiger partial charge in [0.15, 0.2) is 0 Å². The van der Waals surface area contributed by atoms with Gasteiger partial charge in [-0.1, -0.05) is 11.6 Å². The zero-order valence-corrected chi connectivity index (χ0v) is 8.46. The van der Waals surface area contributed by atoms with Crippen LogP contribution in [0.4, 0.5) is 10.1 Å². The van der Waals surface area contributed by atoms with E-state index < -0.39 is 0 Å². The summed E-state index contributed by atoms with van der Waals surface area (Å²) in [6.45, 7) is 0. The van der Waals surface area contributed by atoms with Crippen LogP contribution in [0.2, 0.25) is 5.02 Å². The number of rotatable bonds is 2. The van der Waals surface area contributed by atoms with Crippen molar-refractivity contribution in [1.82, 2.24) is 0 Å². The predicted molar refractivity (Wildman–Crippen MR) is 56.1 cm³/mol. The number of hydrogen-bond acceptors (Lipinski definition) is 2. The number of benzene rings is 1. The second-order valence-corrected chi connectivity index (χ2v) is 4.49. The molecule has 0 atom stereocenters. The van der Waals surface area contributed by atoms with Crippen LogP contribution in [0.3, 0.4) is 0 Å². The summed E-state index contributed by atoms with van der Waals surface area (Å²) in [6, 6.07) is 4.92. The van der Waals surface area contributed by atoms with E-state index in [4.69, 9.17) is 11.6 Å². The van der Waals surface area contributed by atoms with Crippen molar-refractivity contribution >= 4 is 29.1 Å². The molecule has 0 aromatic heterocycles. The standard InChI is InChI=1S/C9H9ClFNS/c10-8-3-6(11)1-2-9(8)12-7-4-13-5-7/h1-3,7,12H,4-5H2. The molecule has 1 nitrogen and oxygen atoms in total. The molecule has 1 aliphatic heterocycles. The highest BCUT2D eigenvalue weighted by Gasteiger charge is 2.18. The lowest BCUT2D eigenvalue weighted by atomic mass is 10.2. The molecule has 0 saturated carbocycles. The Hall–Kier alpha value is -0.410. The van der Waals surface area contributed by atoms with Crippen LogP contribution < -0.4 is 5.32 Å². The van der Waals surface area contributed by atoms with Gasteiger partial charge in [-0.15, -0.1) is 0 Å². The van der Waals surface area contributed by atoms with Crippen molar-refractivity contribution in [2.24, 2.45) is 0 Å². The van der Waals surface area contributed by atoms with Crippen LogP contribution in [0.1, 0.15) is 0 Å². The second-order valence-electron chi connectivity index (χ2n) is 3.00. The van der Waals surface area contributed by atoms with Gasteiger partial charge in [-0.3, -0.25) is 0 Å². The Kier molecular flexibility index (Phi) is 2.65. The molecule has 1 aliphatic rings. The lowest BCUT2D eigenvalue weighted by Gasteiger charge is -2.27. The van der Waals surface area contributed by atoms with Crippen LogP contribution in [0.25, 0.3) is 0 Å². The molecule has 0 radical (unpaired) electrons. The van der Waals surface area contributed by atoms with Crippen LogP contribution in [-0.2, 0) is 0 Å². The van der Waals surface area contributed by atoms with Crippen molar-refractivity contribution in [2.75, 3.05) is 16.8 Å². The SMILES string of the molecule is Fc1ccc(NC2CSC2)c(Cl)c1. The normalized spacial score (nSPS) is 16.8. The highest BCUT2D eigenvalue weighted by Crippen LogP contribution is 2.27. The Morgan fingerprint density at radius 3 is 2.77 bits per heavy atom. The van der Waals surface area contributed by atoms with Gasteiger partial charge in [-0.2, -0.15) is 11.8 Å². The van der Waals surface area contributed by atoms with E-state index in [9.17, 15) is 4.39 Å². The fourth-order valence-electron chi connectivity index (χ4n) is 1.15. The molecule has 1 aromatic carbocycles. The topological polar surface area (TPSA) is 12.0 Å². The van der Waals surface area contributed by atoms with Gasteiger partial charge < -0.3 is 5.32 Å². The highest BCUT2D eigenvalue weighted by molar-refractivity contribution is 8.00. The molecule has 0 bridgehead atoms. The van der Waals surface area contributed by atoms with Crippen LogP contribution in [0.5, 0.6) is 0 Å². The lowest BCUT2D eigenvalue weighted by Crippen LogP contribution is -2.33. The molecule has 13 heavy (non-hydrogen) atoms. The number of anilines is 1. The molecule has 1 aromatic rings. The van der Waals surface area contributed by atoms with Crippen LogP contribution in [0.15, 0.2) is 18.2 Å². The molecule has 4 heteroatoms. The number of halogens is 2. The van der Waals surface area contributed by atoms with Crippen LogP contribution in [0, 0.1) is 5.82 Å². The summed E-state index contributed by atoms with van der Waals surface area (Å²) in [5, 5.41) is 3.71. The minimum atomic E-state index is -0.293. The summed E-state index contributed by atoms with van der Waals surface area (Å²) in [5.74, 6) is 1.92. The molecule has 1 N–H and O–H groups in total. The predicted octanol–water partition coefficient (Wildman–Crippen LogP) is 3.01. The Morgan fingerprint density at radius 1 is 1.46 bits per heavy atom. The van der Waals surface area contributed by atoms with Gasteiger partial charge >= 0.3 is 0 Å². The average molecular weight is 218 g/mol. The molecule has 0 amide bonds. The first-order valence-electron chi connectivity index (χ1n) is 4.05. The van der Waals surface area contributed by atoms with E-state index in [2.05, 4.69) is 5.32 Å². The molecule has 1 fully saturated rings. The summed E-state index contributed by atoms with van der Waals surface area (Å²) in [7, 11) is 0. The minimum absolute atomic E-state index is 0.293. The molecule has 0 aliphatic carbocycles. The number of hydrogen-bond donors (Lipinski definition) is 1. The summed E-state index contributed by atoms with van der Waals surface area (Å²) >= 11 is 7.74. The smallest absolute Gasteiger partial charge is 0.124 e. The maximum absolute atomic E-state index is 12.7. The third-order valence-corrected chi connectivity index (χ3v) is 3.52. The van der Waals surface area contributed by atoms with Gasteiger partial charge in [-0.25, -0.2) is 4.39 Å². The molecular weight excluding hydrogens is 209 g/mol. The molecule has 70 valence electrons. The van der Waals surface area contributed by atoms with Gasteiger partial charge in [-0.05, 0) is 18.2 Å². The van der Waals surface area contributed by atoms with Crippen LogP contribution >= 0.6 is 23.4 Å². The lowest BCUT2D eigenvalue weighted by molar-refractivity contribution is 0.628. The van der Waals surface area contributed by atoms with Crippen molar-refractivity contribution < 1.29 is 4.39 Å². The minimum Gasteiger partial charge on any atom is -0.379 e. The van der Waals surface area contributed by atoms with E-state index >= 15 is 0 Å². The quantitative estimate of drug-likeness (QED) is 0.818. The number of nitrogens with one attached hydrogen (secondary N) is 1. The van der Waals surface area contributed by atoms with Crippen molar-refractivity contribution in [3.05, 3.63) is 29.0 Å². The van der Waals surface area contributed by atoms with E-state index in [1.165, 1.54) is 12.1 Å². The maximum Gasteiger partial charge on any atom is 0.124 e. The van der Waals surface area contributed by atoms with Crippen molar-refractivity contribution in [3.8, 4) is 0 Å². The monoisotopic (exact) mass is 217 g/mol. The van der Waals surface area contributed by atoms with Crippen molar-refractivity contribution in [1.29, 1.82) is 0 Å². The molecule has 0 spiro atoms. The zero-order valence-electron chi connectivity index (χ0n) is 6.89. The van der Waals surface area contributed by atoms with E-state index in [0.717, 1.165) is 17.2 Å². The second kappa shape index (κ2) is 3.76. The van der Waals surface area contributed by atoms with Gasteiger partial charge in [0.1, 0.15) is 5.82 Å². The number of thioether (sulfide) groups is 1. The van der Waals surface area contributed by atoms with E-state index in [0.29, 0.717) is 11.1 Å². The van der Waals surface area contributed by atoms with Gasteiger partial charge in [0.2, 0.25) is 0 Å². The summed E-state index contributed by atoms with van der Waals surface area (Å²) < 4.78 is 12.7. The summed E-state index contributed by atoms with van der Waals surface area (Å²) in [4.78, 5) is 0. The third-order valence-electron chi connectivity index (χ3n) is 1.93. The fourth-order valence-corrected chi connectivity index (χ4v) is 2.01. The third kappa shape index (κ3) is 2.09. The Balaban J connectivity index is 2.10. The first-order chi connectivity index (χ1) is 6.25. The molecule has 2 rings (SSSR count). The molecule has 0 unspecified atom stereocenters. The molecular formula is C9H9ClFNS. The van der Waals surface area contributed by atoms with Gasteiger partial charge in [0.25, 0.3) is 0 Å². The Morgan fingerprint density at radius 2 is 2.23 bits per heavy atom. The highest BCUT2D eigenvalue weighted by atomic mass is 35.5. The van der Waals surface area contributed by atoms with Crippen molar-refractivity contribution in [3.63, 3.8) is 0 Å². The van der Waals surface area contributed by atoms with Gasteiger partial charge in [0, 0.05) is 17.5 Å². The largest absolute Gasteiger partial charge is 0.379 e. The first kappa shape index (κ1) is 9.16. The fraction of sp³-hybridized carbons (Fsp3) is 0.333. The van der Waals surface area contributed by atoms with Crippen molar-refractivity contribution in [2.45, 2.75) is 6.04 Å². The van der Waals surface area contributed by atoms with E-state index in [-0.39, 0.29) is 5.82 Å². The maximum atomic E-state index is 12.7. The first-order valence-corrected chi connectivity index (χ1v) is 5.58. The molecule has 1 heterocycles. The van der Waals surface area contributed by atoms with E-state index in [1.807, 2.05) is 11.8 Å². The Bertz CT molecular complexity index is 314. The zero-order chi connectivity index (χ0) is 9.26. The Labute approximate surface area is 85.7 Å². The average Bonchev–Trinajstić information content (AvgIpc) is 1.99.